The normalized spacial score (nSPS) is 11.1. The van der Waals surface area contributed by atoms with Crippen LogP contribution < -0.4 is 8.37 Å². The quantitative estimate of drug-likeness (QED) is 0.143. The summed E-state index contributed by atoms with van der Waals surface area (Å²) in [6, 6.07) is 14.7. The fourth-order valence-electron chi connectivity index (χ4n) is 4.01. The van der Waals surface area contributed by atoms with Gasteiger partial charge in [0.25, 0.3) is 0 Å². The molecule has 2 rings (SSSR count). The number of aryl methyl sites for hydroxylation is 2. The van der Waals surface area contributed by atoms with Crippen molar-refractivity contribution in [2.24, 2.45) is 0 Å². The van der Waals surface area contributed by atoms with Crippen LogP contribution in [0.1, 0.15) is 102 Å². The van der Waals surface area contributed by atoms with Crippen LogP contribution in [0.15, 0.2) is 48.5 Å². The van der Waals surface area contributed by atoms with Crippen LogP contribution in [-0.2, 0) is 39.7 Å². The van der Waals surface area contributed by atoms with Crippen LogP contribution in [0.5, 0.6) is 11.5 Å². The summed E-state index contributed by atoms with van der Waals surface area (Å²) < 4.78 is 36.3. The van der Waals surface area contributed by atoms with Gasteiger partial charge in [-0.3, -0.25) is 0 Å². The second-order valence-corrected chi connectivity index (χ2v) is 9.98. The van der Waals surface area contributed by atoms with E-state index >= 15 is 0 Å². The summed E-state index contributed by atoms with van der Waals surface area (Å²) in [5.74, 6) is 0.721. The van der Waals surface area contributed by atoms with Crippen molar-refractivity contribution in [2.45, 2.75) is 104 Å². The van der Waals surface area contributed by atoms with Gasteiger partial charge in [0, 0.05) is 16.5 Å². The molecule has 0 radical (unpaired) electrons. The van der Waals surface area contributed by atoms with Crippen LogP contribution in [0.25, 0.3) is 0 Å². The molecule has 0 N–H and O–H groups in total. The number of hydrogen-bond donors (Lipinski definition) is 0. The molecule has 0 fully saturated rings. The van der Waals surface area contributed by atoms with E-state index in [0.29, 0.717) is 11.5 Å². The molecule has 0 spiro atoms. The third-order valence-corrected chi connectivity index (χ3v) is 6.70. The smallest absolute Gasteiger partial charge is 0.353 e. The third-order valence-electron chi connectivity index (χ3n) is 5.93. The van der Waals surface area contributed by atoms with E-state index < -0.39 is 10.4 Å². The summed E-state index contributed by atoms with van der Waals surface area (Å²) >= 11 is 0. The second-order valence-electron chi connectivity index (χ2n) is 8.83. The van der Waals surface area contributed by atoms with Crippen molar-refractivity contribution in [3.05, 3.63) is 59.7 Å². The molecule has 2 aromatic carbocycles. The van der Waals surface area contributed by atoms with Gasteiger partial charge in [-0.25, -0.2) is 0 Å². The Hall–Kier alpha value is -1.52. The average Bonchev–Trinajstić information content (AvgIpc) is 2.80. The van der Waals surface area contributed by atoms with Crippen molar-refractivity contribution < 1.29 is 33.3 Å². The van der Waals surface area contributed by atoms with Gasteiger partial charge in [-0.05, 0) is 48.9 Å². The molecule has 0 heterocycles. The minimum absolute atomic E-state index is 0. The monoisotopic (exact) mass is 532 g/mol. The molecule has 4 nitrogen and oxygen atoms in total. The van der Waals surface area contributed by atoms with Crippen molar-refractivity contribution in [3.8, 4) is 11.5 Å². The van der Waals surface area contributed by atoms with Gasteiger partial charge in [0.2, 0.25) is 0 Å². The second kappa shape index (κ2) is 17.9. The van der Waals surface area contributed by atoms with Gasteiger partial charge in [0.15, 0.2) is 0 Å². The van der Waals surface area contributed by atoms with Crippen molar-refractivity contribution >= 4 is 10.4 Å². The Balaban J connectivity index is 0.00000578. The standard InChI is InChI=1S/C28H42O4S.Ni/c1-3-5-7-9-11-13-19-25-21-15-17-23-27(25)31-33(29,30)32-28-24-18-16-22-26(28)20-14-12-10-8-6-4-2;/h15-18,21-24H,3-14,19-20H2,1-2H3;. The van der Waals surface area contributed by atoms with Crippen molar-refractivity contribution in [1.82, 2.24) is 0 Å². The maximum Gasteiger partial charge on any atom is 0.501 e. The van der Waals surface area contributed by atoms with Crippen molar-refractivity contribution in [1.29, 1.82) is 0 Å². The summed E-state index contributed by atoms with van der Waals surface area (Å²) in [6.07, 6.45) is 15.9. The van der Waals surface area contributed by atoms with Crippen LogP contribution in [0.3, 0.4) is 0 Å². The molecule has 0 saturated heterocycles. The predicted molar refractivity (Wildman–Crippen MR) is 137 cm³/mol. The van der Waals surface area contributed by atoms with Gasteiger partial charge in [0.1, 0.15) is 11.5 Å². The van der Waals surface area contributed by atoms with Crippen LogP contribution in [0.2, 0.25) is 0 Å². The Kier molecular flexibility index (Phi) is 16.0. The number of hydrogen-bond acceptors (Lipinski definition) is 4. The van der Waals surface area contributed by atoms with Crippen LogP contribution in [0, 0.1) is 0 Å². The first-order valence-corrected chi connectivity index (χ1v) is 14.2. The van der Waals surface area contributed by atoms with E-state index in [2.05, 4.69) is 13.8 Å². The number of benzene rings is 2. The van der Waals surface area contributed by atoms with E-state index in [-0.39, 0.29) is 16.5 Å². The van der Waals surface area contributed by atoms with Crippen molar-refractivity contribution in [2.75, 3.05) is 0 Å². The number of para-hydroxylation sites is 2. The van der Waals surface area contributed by atoms with E-state index in [1.807, 2.05) is 24.3 Å². The Morgan fingerprint density at radius 3 is 1.32 bits per heavy atom. The third kappa shape index (κ3) is 12.3. The van der Waals surface area contributed by atoms with Gasteiger partial charge in [-0.1, -0.05) is 114 Å². The van der Waals surface area contributed by atoms with E-state index in [9.17, 15) is 8.42 Å². The Labute approximate surface area is 218 Å². The Bertz CT molecular complexity index is 831. The minimum Gasteiger partial charge on any atom is -0.353 e. The summed E-state index contributed by atoms with van der Waals surface area (Å²) in [4.78, 5) is 0. The molecule has 0 aliphatic carbocycles. The molecule has 0 amide bonds. The van der Waals surface area contributed by atoms with Crippen molar-refractivity contribution in [3.63, 3.8) is 0 Å². The van der Waals surface area contributed by atoms with Crippen LogP contribution >= 0.6 is 0 Å². The Morgan fingerprint density at radius 2 is 0.912 bits per heavy atom. The zero-order chi connectivity index (χ0) is 23.8. The van der Waals surface area contributed by atoms with Gasteiger partial charge < -0.3 is 8.37 Å². The largest absolute Gasteiger partial charge is 0.501 e. The molecule has 0 aromatic heterocycles. The van der Waals surface area contributed by atoms with Gasteiger partial charge in [-0.15, -0.1) is 8.42 Å². The molecule has 0 bridgehead atoms. The molecule has 2 aromatic rings. The molecular weight excluding hydrogens is 491 g/mol. The van der Waals surface area contributed by atoms with Gasteiger partial charge in [0.05, 0.1) is 0 Å². The maximum absolute atomic E-state index is 12.7. The summed E-state index contributed by atoms with van der Waals surface area (Å²) in [6.45, 7) is 4.42. The zero-order valence-electron chi connectivity index (χ0n) is 20.9. The van der Waals surface area contributed by atoms with E-state index in [1.54, 1.807) is 24.3 Å². The topological polar surface area (TPSA) is 52.6 Å². The molecule has 6 heteroatoms. The molecule has 0 aliphatic heterocycles. The predicted octanol–water partition coefficient (Wildman–Crippen LogP) is 8.19. The fraction of sp³-hybridized carbons (Fsp3) is 0.571. The molecule has 0 aliphatic rings. The molecule has 0 saturated carbocycles. The summed E-state index contributed by atoms with van der Waals surface area (Å²) in [5, 5.41) is 0. The zero-order valence-corrected chi connectivity index (χ0v) is 22.7. The average molecular weight is 533 g/mol. The summed E-state index contributed by atoms with van der Waals surface area (Å²) in [7, 11) is -4.22. The van der Waals surface area contributed by atoms with E-state index in [4.69, 9.17) is 8.37 Å². The molecule has 0 unspecified atom stereocenters. The van der Waals surface area contributed by atoms with Crippen LogP contribution in [-0.4, -0.2) is 8.42 Å². The van der Waals surface area contributed by atoms with Gasteiger partial charge >= 0.3 is 10.4 Å². The molecule has 34 heavy (non-hydrogen) atoms. The fourth-order valence-corrected chi connectivity index (χ4v) is 4.81. The molecular formula is C28H42NiO4S. The van der Waals surface area contributed by atoms with E-state index in [1.165, 1.54) is 51.4 Å². The SMILES string of the molecule is CCCCCCCCc1ccccc1OS(=O)(=O)Oc1ccccc1CCCCCCCC.[Ni]. The maximum atomic E-state index is 12.7. The number of rotatable bonds is 18. The first-order chi connectivity index (χ1) is 16.1. The first kappa shape index (κ1) is 30.5. The molecule has 194 valence electrons. The minimum atomic E-state index is -4.22. The first-order valence-electron chi connectivity index (χ1n) is 12.9. The van der Waals surface area contributed by atoms with Crippen LogP contribution in [0.4, 0.5) is 0 Å². The summed E-state index contributed by atoms with van der Waals surface area (Å²) in [5.41, 5.74) is 1.81. The van der Waals surface area contributed by atoms with E-state index in [0.717, 1.165) is 49.7 Å². The number of unbranched alkanes of at least 4 members (excludes halogenated alkanes) is 10. The molecule has 0 atom stereocenters. The Morgan fingerprint density at radius 1 is 0.559 bits per heavy atom. The van der Waals surface area contributed by atoms with Gasteiger partial charge in [-0.2, -0.15) is 0 Å².